The number of aliphatic carboxylic acids is 1. The van der Waals surface area contributed by atoms with Crippen molar-refractivity contribution >= 4 is 17.6 Å². The first-order valence-corrected chi connectivity index (χ1v) is 9.20. The van der Waals surface area contributed by atoms with Gasteiger partial charge in [0.25, 0.3) is 0 Å². The van der Waals surface area contributed by atoms with E-state index in [-0.39, 0.29) is 5.91 Å². The van der Waals surface area contributed by atoms with E-state index in [9.17, 15) is 14.7 Å². The molecular weight excluding hydrogens is 318 g/mol. The number of hydrogen-bond acceptors (Lipinski definition) is 4. The Morgan fingerprint density at radius 3 is 2.44 bits per heavy atom. The number of benzene rings is 1. The van der Waals surface area contributed by atoms with Crippen LogP contribution >= 0.6 is 0 Å². The molecule has 3 rings (SSSR count). The van der Waals surface area contributed by atoms with Crippen LogP contribution in [0.2, 0.25) is 0 Å². The molecule has 1 aromatic carbocycles. The summed E-state index contributed by atoms with van der Waals surface area (Å²) in [6, 6.07) is 9.84. The molecule has 2 fully saturated rings. The lowest BCUT2D eigenvalue weighted by molar-refractivity contribution is -0.148. The number of nitrogens with zero attached hydrogens (tertiary/aromatic N) is 3. The monoisotopic (exact) mass is 345 g/mol. The number of amides is 1. The lowest BCUT2D eigenvalue weighted by atomic mass is 10.2. The van der Waals surface area contributed by atoms with E-state index < -0.39 is 12.0 Å². The molecule has 0 aromatic heterocycles. The quantitative estimate of drug-likeness (QED) is 0.850. The number of piperazine rings is 1. The van der Waals surface area contributed by atoms with Crippen molar-refractivity contribution in [1.29, 1.82) is 0 Å². The third-order valence-electron chi connectivity index (χ3n) is 5.22. The fraction of sp³-hybridized carbons (Fsp3) is 0.579. The molecule has 6 nitrogen and oxygen atoms in total. The van der Waals surface area contributed by atoms with E-state index in [0.29, 0.717) is 19.4 Å². The van der Waals surface area contributed by atoms with E-state index in [2.05, 4.69) is 34.1 Å². The number of carbonyl (C=O) groups excluding carboxylic acids is 1. The Morgan fingerprint density at radius 1 is 1.04 bits per heavy atom. The summed E-state index contributed by atoms with van der Waals surface area (Å²) in [6.45, 7) is 5.51. The molecular formula is C19H27N3O3. The molecule has 0 spiro atoms. The maximum absolute atomic E-state index is 12.3. The molecule has 1 amide bonds. The molecule has 2 saturated heterocycles. The molecule has 1 N–H and O–H groups in total. The van der Waals surface area contributed by atoms with Crippen LogP contribution in [0.1, 0.15) is 25.7 Å². The van der Waals surface area contributed by atoms with Crippen molar-refractivity contribution < 1.29 is 14.7 Å². The lowest BCUT2D eigenvalue weighted by Crippen LogP contribution is -2.47. The van der Waals surface area contributed by atoms with Crippen LogP contribution < -0.4 is 4.90 Å². The number of carboxylic acids is 1. The van der Waals surface area contributed by atoms with Gasteiger partial charge in [0.1, 0.15) is 6.04 Å². The standard InChI is InChI=1S/C19H27N3O3/c23-18(22-11-4-8-17(22)19(24)25)9-5-10-20-12-14-21(15-13-20)16-6-2-1-3-7-16/h1-3,6-7,17H,4-5,8-15H2,(H,24,25)/t17-/m1/s1. The Kier molecular flexibility index (Phi) is 5.91. The van der Waals surface area contributed by atoms with E-state index in [0.717, 1.165) is 45.6 Å². The summed E-state index contributed by atoms with van der Waals surface area (Å²) in [7, 11) is 0. The number of rotatable bonds is 6. The minimum absolute atomic E-state index is 0.00665. The maximum atomic E-state index is 12.3. The van der Waals surface area contributed by atoms with Crippen LogP contribution in [0.15, 0.2) is 30.3 Å². The van der Waals surface area contributed by atoms with Gasteiger partial charge in [-0.1, -0.05) is 18.2 Å². The third-order valence-corrected chi connectivity index (χ3v) is 5.22. The van der Waals surface area contributed by atoms with E-state index in [1.54, 1.807) is 4.90 Å². The summed E-state index contributed by atoms with van der Waals surface area (Å²) in [5.41, 5.74) is 1.27. The van der Waals surface area contributed by atoms with Gasteiger partial charge in [-0.25, -0.2) is 4.79 Å². The summed E-state index contributed by atoms with van der Waals surface area (Å²) in [5.74, 6) is -0.879. The van der Waals surface area contributed by atoms with Gasteiger partial charge >= 0.3 is 5.97 Å². The zero-order chi connectivity index (χ0) is 17.6. The minimum atomic E-state index is -0.872. The second-order valence-electron chi connectivity index (χ2n) is 6.85. The Morgan fingerprint density at radius 2 is 1.76 bits per heavy atom. The zero-order valence-corrected chi connectivity index (χ0v) is 14.6. The van der Waals surface area contributed by atoms with Crippen molar-refractivity contribution in [2.45, 2.75) is 31.7 Å². The van der Waals surface area contributed by atoms with Gasteiger partial charge in [-0.05, 0) is 37.9 Å². The maximum Gasteiger partial charge on any atom is 0.326 e. The number of likely N-dealkylation sites (tertiary alicyclic amines) is 1. The second kappa shape index (κ2) is 8.34. The predicted molar refractivity (Wildman–Crippen MR) is 96.7 cm³/mol. The molecule has 0 bridgehead atoms. The van der Waals surface area contributed by atoms with E-state index in [4.69, 9.17) is 0 Å². The Labute approximate surface area is 149 Å². The van der Waals surface area contributed by atoms with Crippen LogP contribution in [0.4, 0.5) is 5.69 Å². The van der Waals surface area contributed by atoms with Crippen LogP contribution in [0, 0.1) is 0 Å². The van der Waals surface area contributed by atoms with Gasteiger partial charge in [0.05, 0.1) is 0 Å². The van der Waals surface area contributed by atoms with Gasteiger partial charge in [0.2, 0.25) is 5.91 Å². The average Bonchev–Trinajstić information content (AvgIpc) is 3.13. The number of carbonyl (C=O) groups is 2. The Bertz CT molecular complexity index is 585. The number of hydrogen-bond donors (Lipinski definition) is 1. The smallest absolute Gasteiger partial charge is 0.326 e. The molecule has 1 aromatic rings. The number of para-hydroxylation sites is 1. The zero-order valence-electron chi connectivity index (χ0n) is 14.6. The topological polar surface area (TPSA) is 64.1 Å². The summed E-state index contributed by atoms with van der Waals surface area (Å²) >= 11 is 0. The average molecular weight is 345 g/mol. The number of anilines is 1. The summed E-state index contributed by atoms with van der Waals surface area (Å²) in [5, 5.41) is 9.17. The van der Waals surface area contributed by atoms with Gasteiger partial charge in [-0.2, -0.15) is 0 Å². The van der Waals surface area contributed by atoms with Gasteiger partial charge in [-0.15, -0.1) is 0 Å². The van der Waals surface area contributed by atoms with E-state index >= 15 is 0 Å². The first-order chi connectivity index (χ1) is 12.1. The van der Waals surface area contributed by atoms with Crippen LogP contribution in [-0.2, 0) is 9.59 Å². The molecule has 25 heavy (non-hydrogen) atoms. The predicted octanol–water partition coefficient (Wildman–Crippen LogP) is 1.66. The minimum Gasteiger partial charge on any atom is -0.480 e. The van der Waals surface area contributed by atoms with E-state index in [1.807, 2.05) is 6.07 Å². The molecule has 2 heterocycles. The van der Waals surface area contributed by atoms with Crippen LogP contribution in [-0.4, -0.2) is 72.1 Å². The summed E-state index contributed by atoms with van der Waals surface area (Å²) in [4.78, 5) is 29.8. The SMILES string of the molecule is O=C(O)[C@H]1CCCN1C(=O)CCCN1CCN(c2ccccc2)CC1. The molecule has 6 heteroatoms. The molecule has 0 saturated carbocycles. The highest BCUT2D eigenvalue weighted by Gasteiger charge is 2.33. The van der Waals surface area contributed by atoms with Gasteiger partial charge in [0.15, 0.2) is 0 Å². The lowest BCUT2D eigenvalue weighted by Gasteiger charge is -2.36. The Hall–Kier alpha value is -2.08. The third kappa shape index (κ3) is 4.51. The van der Waals surface area contributed by atoms with Crippen molar-refractivity contribution in [3.05, 3.63) is 30.3 Å². The molecule has 2 aliphatic rings. The fourth-order valence-electron chi connectivity index (χ4n) is 3.79. The normalized spacial score (nSPS) is 21.5. The summed E-state index contributed by atoms with van der Waals surface area (Å²) in [6.07, 6.45) is 2.63. The van der Waals surface area contributed by atoms with E-state index in [1.165, 1.54) is 5.69 Å². The van der Waals surface area contributed by atoms with Crippen LogP contribution in [0.5, 0.6) is 0 Å². The molecule has 0 aliphatic carbocycles. The largest absolute Gasteiger partial charge is 0.480 e. The van der Waals surface area contributed by atoms with Crippen molar-refractivity contribution in [3.8, 4) is 0 Å². The first-order valence-electron chi connectivity index (χ1n) is 9.20. The first kappa shape index (κ1) is 17.7. The van der Waals surface area contributed by atoms with Gasteiger partial charge < -0.3 is 14.9 Å². The van der Waals surface area contributed by atoms with Crippen molar-refractivity contribution in [2.75, 3.05) is 44.2 Å². The Balaban J connectivity index is 1.37. The molecule has 0 unspecified atom stereocenters. The van der Waals surface area contributed by atoms with Crippen LogP contribution in [0.25, 0.3) is 0 Å². The van der Waals surface area contributed by atoms with Crippen molar-refractivity contribution in [3.63, 3.8) is 0 Å². The van der Waals surface area contributed by atoms with Crippen LogP contribution in [0.3, 0.4) is 0 Å². The highest BCUT2D eigenvalue weighted by Crippen LogP contribution is 2.19. The number of carboxylic acid groups (broad SMARTS) is 1. The fourth-order valence-corrected chi connectivity index (χ4v) is 3.79. The van der Waals surface area contributed by atoms with Gasteiger partial charge in [-0.3, -0.25) is 9.69 Å². The molecule has 0 radical (unpaired) electrons. The molecule has 1 atom stereocenters. The van der Waals surface area contributed by atoms with Gasteiger partial charge in [0, 0.05) is 44.8 Å². The van der Waals surface area contributed by atoms with Crippen molar-refractivity contribution in [2.24, 2.45) is 0 Å². The summed E-state index contributed by atoms with van der Waals surface area (Å²) < 4.78 is 0. The highest BCUT2D eigenvalue weighted by atomic mass is 16.4. The molecule has 2 aliphatic heterocycles. The van der Waals surface area contributed by atoms with Crippen molar-refractivity contribution in [1.82, 2.24) is 9.80 Å². The highest BCUT2D eigenvalue weighted by molar-refractivity contribution is 5.84. The second-order valence-corrected chi connectivity index (χ2v) is 6.85. The molecule has 136 valence electrons.